The maximum absolute atomic E-state index is 8.64. The van der Waals surface area contributed by atoms with Crippen LogP contribution in [0, 0.1) is 0 Å². The number of hydrogen-bond donors (Lipinski definition) is 1. The summed E-state index contributed by atoms with van der Waals surface area (Å²) in [6.07, 6.45) is 0. The van der Waals surface area contributed by atoms with Gasteiger partial charge in [0.1, 0.15) is 0 Å². The third-order valence-corrected chi connectivity index (χ3v) is 4.48. The van der Waals surface area contributed by atoms with Crippen molar-refractivity contribution in [3.63, 3.8) is 0 Å². The van der Waals surface area contributed by atoms with E-state index in [1.54, 1.807) is 0 Å². The van der Waals surface area contributed by atoms with Crippen LogP contribution < -0.4 is 34.8 Å². The molecule has 0 spiro atoms. The Balaban J connectivity index is -0.000000138. The summed E-state index contributed by atoms with van der Waals surface area (Å²) in [6.45, 7) is 3.43. The summed E-state index contributed by atoms with van der Waals surface area (Å²) in [5.41, 5.74) is 0. The van der Waals surface area contributed by atoms with Gasteiger partial charge in [-0.3, -0.25) is 0 Å². The molecule has 6 nitrogen and oxygen atoms in total. The van der Waals surface area contributed by atoms with Crippen LogP contribution in [0.25, 0.3) is 0 Å². The summed E-state index contributed by atoms with van der Waals surface area (Å²) in [6, 6.07) is 0. The monoisotopic (exact) mass is 395 g/mol. The number of hydrogen-bond acceptors (Lipinski definition) is 9. The summed E-state index contributed by atoms with van der Waals surface area (Å²) >= 11 is 4.02. The van der Waals surface area contributed by atoms with Crippen molar-refractivity contribution >= 4 is 41.6 Å². The van der Waals surface area contributed by atoms with Crippen LogP contribution in [0.15, 0.2) is 0 Å². The van der Waals surface area contributed by atoms with Crippen LogP contribution in [0.2, 0.25) is 0 Å². The molecule has 0 amide bonds. The summed E-state index contributed by atoms with van der Waals surface area (Å²) in [4.78, 5) is 9.16. The van der Waals surface area contributed by atoms with Crippen molar-refractivity contribution in [2.75, 3.05) is 79.2 Å². The fraction of sp³-hybridized carbons (Fsp3) is 1.00. The van der Waals surface area contributed by atoms with E-state index in [9.17, 15) is 0 Å². The molecule has 0 unspecified atom stereocenters. The van der Waals surface area contributed by atoms with Crippen LogP contribution >= 0.6 is 34.2 Å². The van der Waals surface area contributed by atoms with E-state index in [1.807, 2.05) is 35.7 Å². The van der Waals surface area contributed by atoms with Crippen molar-refractivity contribution in [3.05, 3.63) is 0 Å². The van der Waals surface area contributed by atoms with Crippen LogP contribution in [-0.4, -0.2) is 101 Å². The van der Waals surface area contributed by atoms with Gasteiger partial charge in [-0.1, -0.05) is 21.6 Å². The largest absolute Gasteiger partial charge is 1.00 e. The van der Waals surface area contributed by atoms with Crippen LogP contribution in [0.5, 0.6) is 0 Å². The Morgan fingerprint density at radius 2 is 1.22 bits per heavy atom. The van der Waals surface area contributed by atoms with Crippen molar-refractivity contribution in [3.8, 4) is 0 Å². The number of thiol groups is 1. The van der Waals surface area contributed by atoms with Crippen LogP contribution in [0.1, 0.15) is 0 Å². The van der Waals surface area contributed by atoms with Gasteiger partial charge < -0.3 is 14.7 Å². The van der Waals surface area contributed by atoms with E-state index in [1.165, 1.54) is 24.6 Å². The van der Waals surface area contributed by atoms with Gasteiger partial charge in [0, 0.05) is 36.9 Å². The van der Waals surface area contributed by atoms with Crippen molar-refractivity contribution < 1.29 is 44.3 Å². The first kappa shape index (κ1) is 32.2. The average Bonchev–Trinajstić information content (AvgIpc) is 2.43. The fourth-order valence-electron chi connectivity index (χ4n) is 0.758. The number of nitrogens with zero attached hydrogens (tertiary/aromatic N) is 3. The molecular formula is C12H31BN3NaO3S3. The van der Waals surface area contributed by atoms with E-state index in [-0.39, 0.29) is 36.9 Å². The molecule has 0 aliphatic heterocycles. The minimum atomic E-state index is -0.181. The normalized spacial score (nSPS) is 9.35. The Labute approximate surface area is 178 Å². The zero-order chi connectivity index (χ0) is 17.8. The molecule has 0 aromatic rings. The molecule has 0 aromatic heterocycles. The maximum Gasteiger partial charge on any atom is 1.00 e. The second-order valence-electron chi connectivity index (χ2n) is 4.97. The molecule has 134 valence electrons. The van der Waals surface area contributed by atoms with E-state index in [0.29, 0.717) is 0 Å². The van der Waals surface area contributed by atoms with Crippen molar-refractivity contribution in [1.29, 1.82) is 0 Å². The molecule has 0 atom stereocenters. The third kappa shape index (κ3) is 51.7. The molecule has 0 fully saturated rings. The van der Waals surface area contributed by atoms with Gasteiger partial charge in [0.2, 0.25) is 0 Å². The number of rotatable bonds is 10. The van der Waals surface area contributed by atoms with E-state index in [2.05, 4.69) is 60.3 Å². The molecule has 0 rings (SSSR count). The minimum absolute atomic E-state index is 0. The molecule has 0 aliphatic rings. The molecule has 23 heavy (non-hydrogen) atoms. The Bertz CT molecular complexity index is 211. The van der Waals surface area contributed by atoms with Gasteiger partial charge in [0.05, 0.1) is 0 Å². The summed E-state index contributed by atoms with van der Waals surface area (Å²) in [5, 5.41) is 8.43. The average molecular weight is 395 g/mol. The Morgan fingerprint density at radius 3 is 1.35 bits per heavy atom. The van der Waals surface area contributed by atoms with Gasteiger partial charge in [-0.25, -0.2) is 0 Å². The standard InChI is InChI=1S/C8H20N2S2.C4H11NS.BHO3.Na/c1-9(2)5-7-11-12-8-6-10(3)4;1-5(2)3-4-6;2-1-4-3;/h5-8H2,1-4H3;6H,3-4H2,1-2H3;3H;/q;;;+1/p-1. The second kappa shape index (κ2) is 28.4. The Kier molecular flexibility index (Phi) is 39.8. The summed E-state index contributed by atoms with van der Waals surface area (Å²) in [7, 11) is 16.3. The van der Waals surface area contributed by atoms with Crippen LogP contribution in [-0.2, 0) is 9.51 Å². The van der Waals surface area contributed by atoms with E-state index in [0.717, 1.165) is 12.3 Å². The molecular weight excluding hydrogens is 364 g/mol. The molecule has 0 N–H and O–H groups in total. The third-order valence-electron chi connectivity index (χ3n) is 1.91. The Hall–Kier alpha value is 1.55. The van der Waals surface area contributed by atoms with Crippen molar-refractivity contribution in [2.45, 2.75) is 0 Å². The van der Waals surface area contributed by atoms with E-state index < -0.39 is 0 Å². The summed E-state index contributed by atoms with van der Waals surface area (Å²) in [5.74, 6) is 3.41. The predicted octanol–water partition coefficient (Wildman–Crippen LogP) is -2.78. The quantitative estimate of drug-likeness (QED) is 0.106. The first-order chi connectivity index (χ1) is 10.3. The first-order valence-electron chi connectivity index (χ1n) is 6.83. The van der Waals surface area contributed by atoms with Gasteiger partial charge in [-0.2, -0.15) is 12.6 Å². The zero-order valence-corrected chi connectivity index (χ0v) is 20.2. The summed E-state index contributed by atoms with van der Waals surface area (Å²) < 4.78 is 8.64. The topological polar surface area (TPSA) is 59.1 Å². The van der Waals surface area contributed by atoms with E-state index in [4.69, 9.17) is 9.96 Å². The molecule has 0 radical (unpaired) electrons. The predicted molar refractivity (Wildman–Crippen MR) is 102 cm³/mol. The molecule has 0 saturated carbocycles. The van der Waals surface area contributed by atoms with Gasteiger partial charge in [0.25, 0.3) is 0 Å². The molecule has 0 aromatic carbocycles. The molecule has 0 aliphatic carbocycles. The molecule has 11 heteroatoms. The van der Waals surface area contributed by atoms with Gasteiger partial charge >= 0.3 is 51.7 Å². The SMILES string of the molecule is CN(C)CCS.CN(C)CCSSCCN(C)C.O=BO[O-].[Na+]. The van der Waals surface area contributed by atoms with Crippen LogP contribution in [0.4, 0.5) is 0 Å². The molecule has 0 heterocycles. The fourth-order valence-corrected chi connectivity index (χ4v) is 3.43. The second-order valence-corrected chi connectivity index (χ2v) is 8.12. The van der Waals surface area contributed by atoms with Gasteiger partial charge in [0.15, 0.2) is 0 Å². The maximum atomic E-state index is 8.64. The zero-order valence-electron chi connectivity index (χ0n) is 15.7. The first-order valence-corrected chi connectivity index (χ1v) is 9.95. The smallest absolute Gasteiger partial charge is 1.00 e. The molecule has 0 bridgehead atoms. The Morgan fingerprint density at radius 1 is 0.913 bits per heavy atom. The van der Waals surface area contributed by atoms with Gasteiger partial charge in [-0.05, 0) is 42.3 Å². The van der Waals surface area contributed by atoms with Gasteiger partial charge in [-0.15, -0.1) is 0 Å². The van der Waals surface area contributed by atoms with Crippen molar-refractivity contribution in [1.82, 2.24) is 14.7 Å². The molecule has 0 saturated heterocycles. The van der Waals surface area contributed by atoms with Crippen LogP contribution in [0.3, 0.4) is 0 Å². The van der Waals surface area contributed by atoms with Crippen molar-refractivity contribution in [2.24, 2.45) is 0 Å². The minimum Gasteiger partial charge on any atom is 1.00 e. The van der Waals surface area contributed by atoms with E-state index >= 15 is 0 Å².